The largest absolute Gasteiger partial charge is 0.490 e. The van der Waals surface area contributed by atoms with Gasteiger partial charge in [0, 0.05) is 37.2 Å². The van der Waals surface area contributed by atoms with Crippen LogP contribution >= 0.6 is 0 Å². The van der Waals surface area contributed by atoms with E-state index in [0.29, 0.717) is 23.3 Å². The third-order valence-corrected chi connectivity index (χ3v) is 5.67. The van der Waals surface area contributed by atoms with Crippen molar-refractivity contribution in [1.29, 1.82) is 0 Å². The van der Waals surface area contributed by atoms with E-state index in [-0.39, 0.29) is 18.5 Å². The van der Waals surface area contributed by atoms with Crippen molar-refractivity contribution in [1.82, 2.24) is 4.90 Å². The molecular weight excluding hydrogens is 361 g/mol. The van der Waals surface area contributed by atoms with E-state index in [1.807, 2.05) is 24.3 Å². The average Bonchev–Trinajstić information content (AvgIpc) is 3.22. The average molecular weight is 385 g/mol. The lowest BCUT2D eigenvalue weighted by Crippen LogP contribution is -2.28. The van der Waals surface area contributed by atoms with Crippen molar-refractivity contribution in [2.45, 2.75) is 25.5 Å². The molecule has 28 heavy (non-hydrogen) atoms. The zero-order valence-corrected chi connectivity index (χ0v) is 15.6. The van der Waals surface area contributed by atoms with Crippen LogP contribution in [0.25, 0.3) is 0 Å². The molecule has 1 saturated carbocycles. The van der Waals surface area contributed by atoms with E-state index in [2.05, 4.69) is 4.90 Å². The van der Waals surface area contributed by atoms with Crippen LogP contribution < -0.4 is 9.47 Å². The molecule has 4 rings (SSSR count). The van der Waals surface area contributed by atoms with Gasteiger partial charge >= 0.3 is 5.97 Å². The van der Waals surface area contributed by atoms with Gasteiger partial charge in [0.15, 0.2) is 6.61 Å². The van der Waals surface area contributed by atoms with E-state index in [0.717, 1.165) is 38.0 Å². The molecule has 5 nitrogen and oxygen atoms in total. The Morgan fingerprint density at radius 3 is 2.82 bits per heavy atom. The highest BCUT2D eigenvalue weighted by atomic mass is 19.1. The number of hydrogen-bond acceptors (Lipinski definition) is 4. The van der Waals surface area contributed by atoms with Gasteiger partial charge in [0.25, 0.3) is 0 Å². The van der Waals surface area contributed by atoms with E-state index in [1.165, 1.54) is 12.1 Å². The Kier molecular flexibility index (Phi) is 5.48. The van der Waals surface area contributed by atoms with Crippen LogP contribution in [0.15, 0.2) is 48.5 Å². The second-order valence-corrected chi connectivity index (χ2v) is 7.60. The van der Waals surface area contributed by atoms with E-state index in [4.69, 9.17) is 14.6 Å². The Morgan fingerprint density at radius 2 is 2.00 bits per heavy atom. The number of aliphatic carboxylic acids is 1. The van der Waals surface area contributed by atoms with Gasteiger partial charge in [-0.05, 0) is 37.0 Å². The van der Waals surface area contributed by atoms with E-state index < -0.39 is 5.97 Å². The molecule has 1 aliphatic carbocycles. The first-order valence-electron chi connectivity index (χ1n) is 9.65. The topological polar surface area (TPSA) is 59.0 Å². The van der Waals surface area contributed by atoms with Crippen LogP contribution in [0, 0.1) is 17.7 Å². The Labute approximate surface area is 163 Å². The number of carboxylic acid groups (broad SMARTS) is 1. The summed E-state index contributed by atoms with van der Waals surface area (Å²) < 4.78 is 25.0. The monoisotopic (exact) mass is 385 g/mol. The molecule has 0 unspecified atom stereocenters. The van der Waals surface area contributed by atoms with Crippen molar-refractivity contribution in [2.24, 2.45) is 11.8 Å². The zero-order valence-electron chi connectivity index (χ0n) is 15.6. The van der Waals surface area contributed by atoms with Gasteiger partial charge < -0.3 is 14.6 Å². The third-order valence-electron chi connectivity index (χ3n) is 5.67. The summed E-state index contributed by atoms with van der Waals surface area (Å²) in [6, 6.07) is 13.9. The summed E-state index contributed by atoms with van der Waals surface area (Å²) in [5, 5.41) is 8.85. The molecule has 0 radical (unpaired) electrons. The maximum atomic E-state index is 13.4. The first-order chi connectivity index (χ1) is 13.6. The number of carboxylic acids is 1. The lowest BCUT2D eigenvalue weighted by molar-refractivity contribution is -0.139. The van der Waals surface area contributed by atoms with Crippen molar-refractivity contribution < 1.29 is 23.8 Å². The molecule has 1 heterocycles. The summed E-state index contributed by atoms with van der Waals surface area (Å²) in [5.74, 6) is 0.952. The molecule has 0 spiro atoms. The van der Waals surface area contributed by atoms with Gasteiger partial charge in [0.05, 0.1) is 0 Å². The van der Waals surface area contributed by atoms with Crippen molar-refractivity contribution in [3.63, 3.8) is 0 Å². The summed E-state index contributed by atoms with van der Waals surface area (Å²) >= 11 is 0. The quantitative estimate of drug-likeness (QED) is 0.790. The highest BCUT2D eigenvalue weighted by Crippen LogP contribution is 2.41. The van der Waals surface area contributed by atoms with E-state index in [9.17, 15) is 9.18 Å². The fraction of sp³-hybridized carbons (Fsp3) is 0.409. The molecule has 2 aliphatic rings. The summed E-state index contributed by atoms with van der Waals surface area (Å²) in [6.45, 7) is 2.28. The van der Waals surface area contributed by atoms with Crippen LogP contribution in [0.4, 0.5) is 4.39 Å². The second-order valence-electron chi connectivity index (χ2n) is 7.60. The molecule has 2 fully saturated rings. The maximum Gasteiger partial charge on any atom is 0.341 e. The minimum atomic E-state index is -0.983. The summed E-state index contributed by atoms with van der Waals surface area (Å²) in [4.78, 5) is 13.2. The van der Waals surface area contributed by atoms with Crippen LogP contribution in [0.2, 0.25) is 0 Å². The molecule has 3 atom stereocenters. The molecule has 148 valence electrons. The Bertz CT molecular complexity index is 843. The van der Waals surface area contributed by atoms with Gasteiger partial charge in [0.1, 0.15) is 23.4 Å². The van der Waals surface area contributed by atoms with Crippen LogP contribution in [0.5, 0.6) is 11.5 Å². The molecule has 2 aromatic rings. The lowest BCUT2D eigenvalue weighted by atomic mass is 9.99. The molecule has 1 N–H and O–H groups in total. The highest BCUT2D eigenvalue weighted by molar-refractivity contribution is 5.68. The minimum absolute atomic E-state index is 0.107. The maximum absolute atomic E-state index is 13.4. The number of hydrogen-bond donors (Lipinski definition) is 1. The lowest BCUT2D eigenvalue weighted by Gasteiger charge is -2.22. The standard InChI is InChI=1S/C22H24FNO4/c23-17-5-3-6-18(10-17)28-21-9-8-15-11-24(13-19(15)21)12-16-4-1-2-7-20(16)27-14-22(25)26/h1-7,10,15,19,21H,8-9,11-14H2,(H,25,26)/t15-,19+,21-/m0/s1. The Hall–Kier alpha value is -2.60. The molecule has 2 aromatic carbocycles. The van der Waals surface area contributed by atoms with Crippen molar-refractivity contribution in [3.05, 3.63) is 59.9 Å². The number of ether oxygens (including phenoxy) is 2. The SMILES string of the molecule is O=C(O)COc1ccccc1CN1C[C@@H]2CC[C@H](Oc3cccc(F)c3)[C@@H]2C1. The van der Waals surface area contributed by atoms with E-state index in [1.54, 1.807) is 12.1 Å². The van der Waals surface area contributed by atoms with Gasteiger partial charge in [-0.15, -0.1) is 0 Å². The molecule has 0 amide bonds. The fourth-order valence-electron chi connectivity index (χ4n) is 4.45. The normalized spacial score (nSPS) is 24.1. The second kappa shape index (κ2) is 8.19. The summed E-state index contributed by atoms with van der Waals surface area (Å²) in [5.41, 5.74) is 0.992. The molecule has 1 saturated heterocycles. The van der Waals surface area contributed by atoms with Crippen molar-refractivity contribution >= 4 is 5.97 Å². The van der Waals surface area contributed by atoms with Gasteiger partial charge in [-0.3, -0.25) is 4.90 Å². The Morgan fingerprint density at radius 1 is 1.14 bits per heavy atom. The molecule has 6 heteroatoms. The van der Waals surface area contributed by atoms with Crippen LogP contribution in [-0.4, -0.2) is 41.8 Å². The fourth-order valence-corrected chi connectivity index (χ4v) is 4.45. The molecular formula is C22H24FNO4. The third kappa shape index (κ3) is 4.28. The van der Waals surface area contributed by atoms with Crippen LogP contribution in [-0.2, 0) is 11.3 Å². The molecule has 1 aliphatic heterocycles. The minimum Gasteiger partial charge on any atom is -0.490 e. The molecule has 0 aromatic heterocycles. The number of halogens is 1. The summed E-state index contributed by atoms with van der Waals surface area (Å²) in [6.07, 6.45) is 2.21. The van der Waals surface area contributed by atoms with Gasteiger partial charge in [-0.1, -0.05) is 24.3 Å². The van der Waals surface area contributed by atoms with Crippen LogP contribution in [0.3, 0.4) is 0 Å². The zero-order chi connectivity index (χ0) is 19.5. The number of benzene rings is 2. The number of para-hydroxylation sites is 1. The first kappa shape index (κ1) is 18.7. The number of nitrogens with zero attached hydrogens (tertiary/aromatic N) is 1. The van der Waals surface area contributed by atoms with Gasteiger partial charge in [-0.25, -0.2) is 9.18 Å². The van der Waals surface area contributed by atoms with Crippen molar-refractivity contribution in [3.8, 4) is 11.5 Å². The highest BCUT2D eigenvalue weighted by Gasteiger charge is 2.43. The number of fused-ring (bicyclic) bond motifs is 1. The van der Waals surface area contributed by atoms with E-state index >= 15 is 0 Å². The number of rotatable bonds is 7. The molecule has 0 bridgehead atoms. The van der Waals surface area contributed by atoms with Gasteiger partial charge in [-0.2, -0.15) is 0 Å². The number of carbonyl (C=O) groups is 1. The predicted molar refractivity (Wildman–Crippen MR) is 102 cm³/mol. The first-order valence-corrected chi connectivity index (χ1v) is 9.65. The summed E-state index contributed by atoms with van der Waals surface area (Å²) in [7, 11) is 0. The predicted octanol–water partition coefficient (Wildman–Crippen LogP) is 3.58. The van der Waals surface area contributed by atoms with Crippen molar-refractivity contribution in [2.75, 3.05) is 19.7 Å². The van der Waals surface area contributed by atoms with Gasteiger partial charge in [0.2, 0.25) is 0 Å². The number of likely N-dealkylation sites (tertiary alicyclic amines) is 1. The van der Waals surface area contributed by atoms with Crippen LogP contribution in [0.1, 0.15) is 18.4 Å². The Balaban J connectivity index is 1.39. The smallest absolute Gasteiger partial charge is 0.341 e.